The van der Waals surface area contributed by atoms with E-state index < -0.39 is 0 Å². The predicted octanol–water partition coefficient (Wildman–Crippen LogP) is 1.79. The first kappa shape index (κ1) is 15.0. The van der Waals surface area contributed by atoms with E-state index in [0.717, 1.165) is 31.7 Å². The molecule has 1 aromatic carbocycles. The lowest BCUT2D eigenvalue weighted by Crippen LogP contribution is -2.49. The van der Waals surface area contributed by atoms with E-state index in [0.29, 0.717) is 0 Å². The van der Waals surface area contributed by atoms with E-state index in [4.69, 9.17) is 9.93 Å². The molecule has 5 nitrogen and oxygen atoms in total. The summed E-state index contributed by atoms with van der Waals surface area (Å²) in [6.45, 7) is 5.12. The van der Waals surface area contributed by atoms with Crippen molar-refractivity contribution in [2.75, 3.05) is 13.1 Å². The van der Waals surface area contributed by atoms with E-state index in [1.807, 2.05) is 10.7 Å². The molecule has 0 spiro atoms. The van der Waals surface area contributed by atoms with Crippen molar-refractivity contribution in [2.24, 2.45) is 0 Å². The van der Waals surface area contributed by atoms with Crippen LogP contribution in [-0.2, 0) is 13.0 Å². The van der Waals surface area contributed by atoms with Gasteiger partial charge < -0.3 is 4.52 Å². The monoisotopic (exact) mass is 300 g/mol. The molecule has 0 bridgehead atoms. The number of hydrogen-bond acceptors (Lipinski definition) is 3. The van der Waals surface area contributed by atoms with Gasteiger partial charge in [-0.15, -0.1) is 0 Å². The Morgan fingerprint density at radius 3 is 2.68 bits per heavy atom. The molecule has 1 fully saturated rings. The molecular formula is C17H24N4O. The van der Waals surface area contributed by atoms with Crippen molar-refractivity contribution in [3.63, 3.8) is 0 Å². The average molecular weight is 300 g/mol. The highest BCUT2D eigenvalue weighted by Gasteiger charge is 2.22. The highest BCUT2D eigenvalue weighted by Crippen LogP contribution is 2.12. The maximum Gasteiger partial charge on any atom is 0.269 e. The summed E-state index contributed by atoms with van der Waals surface area (Å²) in [5.41, 5.74) is 2.37. The van der Waals surface area contributed by atoms with Crippen molar-refractivity contribution in [1.29, 1.82) is 5.41 Å². The number of nitrogens with one attached hydrogen (secondary N) is 1. The number of aromatic nitrogens is 2. The van der Waals surface area contributed by atoms with Crippen LogP contribution in [0.25, 0.3) is 0 Å². The van der Waals surface area contributed by atoms with Gasteiger partial charge in [0.25, 0.3) is 5.55 Å². The van der Waals surface area contributed by atoms with Crippen LogP contribution < -0.4 is 15.5 Å². The maximum absolute atomic E-state index is 8.01. The Labute approximate surface area is 131 Å². The fraction of sp³-hybridized carbons (Fsp3) is 0.529. The van der Waals surface area contributed by atoms with Gasteiger partial charge in [-0.2, -0.15) is 0 Å². The predicted molar refractivity (Wildman–Crippen MR) is 82.1 cm³/mol. The zero-order chi connectivity index (χ0) is 15.4. The number of piperidine rings is 1. The van der Waals surface area contributed by atoms with E-state index in [2.05, 4.69) is 41.4 Å². The topological polar surface area (TPSA) is 58.2 Å². The summed E-state index contributed by atoms with van der Waals surface area (Å²) in [6.07, 6.45) is 4.71. The Bertz CT molecular complexity index is 640. The molecule has 0 saturated carbocycles. The van der Waals surface area contributed by atoms with Gasteiger partial charge in [0.1, 0.15) is 0 Å². The first-order valence-corrected chi connectivity index (χ1v) is 8.12. The second kappa shape index (κ2) is 6.92. The second-order valence-electron chi connectivity index (χ2n) is 6.17. The number of likely N-dealkylation sites (tertiary alicyclic amines) is 1. The van der Waals surface area contributed by atoms with Gasteiger partial charge in [0.15, 0.2) is 6.04 Å². The summed E-state index contributed by atoms with van der Waals surface area (Å²) in [5.74, 6) is 0. The van der Waals surface area contributed by atoms with Crippen molar-refractivity contribution in [3.05, 3.63) is 47.1 Å². The average Bonchev–Trinajstić information content (AvgIpc) is 2.90. The van der Waals surface area contributed by atoms with Gasteiger partial charge in [-0.1, -0.05) is 36.8 Å². The van der Waals surface area contributed by atoms with Crippen molar-refractivity contribution >= 4 is 0 Å². The minimum absolute atomic E-state index is 0.185. The van der Waals surface area contributed by atoms with Crippen LogP contribution in [0.5, 0.6) is 0 Å². The minimum Gasteiger partial charge on any atom is -0.487 e. The third-order valence-corrected chi connectivity index (χ3v) is 4.37. The van der Waals surface area contributed by atoms with Gasteiger partial charge >= 0.3 is 0 Å². The van der Waals surface area contributed by atoms with Gasteiger partial charge in [-0.05, 0) is 38.4 Å². The normalized spacial score (nSPS) is 17.5. The maximum atomic E-state index is 8.01. The van der Waals surface area contributed by atoms with E-state index in [1.165, 1.54) is 24.8 Å². The summed E-state index contributed by atoms with van der Waals surface area (Å²) in [4.78, 5) is 2.40. The van der Waals surface area contributed by atoms with E-state index in [9.17, 15) is 0 Å². The summed E-state index contributed by atoms with van der Waals surface area (Å²) in [7, 11) is 0. The Balaban J connectivity index is 1.74. The van der Waals surface area contributed by atoms with Crippen LogP contribution in [0.4, 0.5) is 0 Å². The number of hydrogen-bond donors (Lipinski definition) is 1. The molecule has 1 saturated heterocycles. The van der Waals surface area contributed by atoms with Crippen molar-refractivity contribution in [2.45, 2.75) is 45.2 Å². The molecule has 1 aliphatic heterocycles. The van der Waals surface area contributed by atoms with Crippen LogP contribution in [0.3, 0.4) is 0 Å². The Kier molecular flexibility index (Phi) is 4.73. The SMILES string of the molecule is CC(Cc1ccccc1)[n+]1[n-]oc(=N)c1CN1CCCCC1. The van der Waals surface area contributed by atoms with E-state index >= 15 is 0 Å². The van der Waals surface area contributed by atoms with Crippen molar-refractivity contribution in [3.8, 4) is 0 Å². The summed E-state index contributed by atoms with van der Waals surface area (Å²) >= 11 is 0. The molecule has 3 rings (SSSR count). The third kappa shape index (κ3) is 3.47. The fourth-order valence-electron chi connectivity index (χ4n) is 3.15. The lowest BCUT2D eigenvalue weighted by molar-refractivity contribution is -0.793. The summed E-state index contributed by atoms with van der Waals surface area (Å²) in [5, 5.41) is 12.1. The smallest absolute Gasteiger partial charge is 0.269 e. The van der Waals surface area contributed by atoms with Gasteiger partial charge in [-0.25, -0.2) is 4.68 Å². The van der Waals surface area contributed by atoms with Crippen LogP contribution in [0.2, 0.25) is 0 Å². The highest BCUT2D eigenvalue weighted by molar-refractivity contribution is 5.14. The Morgan fingerprint density at radius 1 is 1.23 bits per heavy atom. The minimum atomic E-state index is 0.185. The zero-order valence-electron chi connectivity index (χ0n) is 13.2. The first-order chi connectivity index (χ1) is 10.7. The molecule has 0 aliphatic carbocycles. The first-order valence-electron chi connectivity index (χ1n) is 8.12. The quantitative estimate of drug-likeness (QED) is 0.857. The molecule has 1 N–H and O–H groups in total. The number of rotatable bonds is 5. The molecule has 0 radical (unpaired) electrons. The van der Waals surface area contributed by atoms with Crippen LogP contribution in [-0.4, -0.2) is 18.0 Å². The van der Waals surface area contributed by atoms with Crippen LogP contribution in [0.1, 0.15) is 43.5 Å². The molecule has 2 aromatic rings. The van der Waals surface area contributed by atoms with Crippen LogP contribution in [0.15, 0.2) is 34.9 Å². The molecule has 22 heavy (non-hydrogen) atoms. The lowest BCUT2D eigenvalue weighted by atomic mass is 10.1. The van der Waals surface area contributed by atoms with E-state index in [1.54, 1.807) is 0 Å². The Morgan fingerprint density at radius 2 is 1.95 bits per heavy atom. The van der Waals surface area contributed by atoms with Gasteiger partial charge in [0.05, 0.1) is 6.54 Å². The summed E-state index contributed by atoms with van der Waals surface area (Å²) < 4.78 is 7.04. The molecule has 118 valence electrons. The molecule has 5 heteroatoms. The number of nitrogens with zero attached hydrogens (tertiary/aromatic N) is 3. The second-order valence-corrected chi connectivity index (χ2v) is 6.17. The fourth-order valence-corrected chi connectivity index (χ4v) is 3.15. The molecule has 1 aromatic heterocycles. The Hall–Kier alpha value is -1.88. The highest BCUT2D eigenvalue weighted by atomic mass is 16.5. The van der Waals surface area contributed by atoms with Gasteiger partial charge in [-0.3, -0.25) is 15.6 Å². The van der Waals surface area contributed by atoms with Crippen molar-refractivity contribution < 1.29 is 9.20 Å². The van der Waals surface area contributed by atoms with Gasteiger partial charge in [0.2, 0.25) is 5.69 Å². The standard InChI is InChI=1S/C17H24N4O/c1-14(12-15-8-4-2-5-9-15)21-16(17(18)22-19-21)13-20-10-6-3-7-11-20/h2,4-5,8-9,14,18H,3,6-7,10-13H2,1H3. The third-order valence-electron chi connectivity index (χ3n) is 4.37. The molecular weight excluding hydrogens is 276 g/mol. The molecule has 1 aliphatic rings. The zero-order valence-corrected chi connectivity index (χ0v) is 13.2. The molecule has 2 heterocycles. The van der Waals surface area contributed by atoms with Crippen molar-refractivity contribution in [1.82, 2.24) is 10.2 Å². The molecule has 1 atom stereocenters. The lowest BCUT2D eigenvalue weighted by Gasteiger charge is -2.25. The number of benzene rings is 1. The van der Waals surface area contributed by atoms with Gasteiger partial charge in [0, 0.05) is 6.42 Å². The van der Waals surface area contributed by atoms with E-state index in [-0.39, 0.29) is 11.6 Å². The largest absolute Gasteiger partial charge is 0.487 e. The van der Waals surface area contributed by atoms with Crippen LogP contribution in [0, 0.1) is 5.41 Å². The summed E-state index contributed by atoms with van der Waals surface area (Å²) in [6, 6.07) is 10.6. The van der Waals surface area contributed by atoms with Crippen LogP contribution >= 0.6 is 0 Å². The molecule has 1 unspecified atom stereocenters. The molecule has 0 amide bonds.